The van der Waals surface area contributed by atoms with Crippen LogP contribution in [-0.2, 0) is 4.74 Å². The molecule has 0 radical (unpaired) electrons. The standard InChI is InChI=1S/C11H14ClN5O3/c1-13-9-8-10(16-11(12)15-9)17(4-14-8)7-2-5(19)6(3-18)20-7/h4-7,18-19H,2-3H2,1H3,(H,13,15,16)/t5-,6+,7-/m1/s1. The molecular weight excluding hydrogens is 286 g/mol. The zero-order chi connectivity index (χ0) is 14.3. The summed E-state index contributed by atoms with van der Waals surface area (Å²) < 4.78 is 7.27. The fourth-order valence-corrected chi connectivity index (χ4v) is 2.49. The van der Waals surface area contributed by atoms with Crippen molar-refractivity contribution in [1.82, 2.24) is 19.5 Å². The number of halogens is 1. The van der Waals surface area contributed by atoms with Crippen LogP contribution in [-0.4, -0.2) is 55.6 Å². The fourth-order valence-electron chi connectivity index (χ4n) is 2.33. The van der Waals surface area contributed by atoms with E-state index in [9.17, 15) is 5.11 Å². The van der Waals surface area contributed by atoms with Crippen LogP contribution in [0, 0.1) is 0 Å². The molecule has 1 aliphatic rings. The molecule has 3 N–H and O–H groups in total. The average Bonchev–Trinajstić information content (AvgIpc) is 3.00. The molecule has 0 spiro atoms. The van der Waals surface area contributed by atoms with Crippen LogP contribution in [0.15, 0.2) is 6.33 Å². The number of rotatable bonds is 3. The third-order valence-corrected chi connectivity index (χ3v) is 3.49. The monoisotopic (exact) mass is 299 g/mol. The summed E-state index contributed by atoms with van der Waals surface area (Å²) in [6.45, 7) is -0.234. The lowest BCUT2D eigenvalue weighted by Crippen LogP contribution is -2.24. The van der Waals surface area contributed by atoms with E-state index in [2.05, 4.69) is 20.3 Å². The van der Waals surface area contributed by atoms with Gasteiger partial charge in [0.1, 0.15) is 12.3 Å². The van der Waals surface area contributed by atoms with Crippen LogP contribution in [0.4, 0.5) is 5.82 Å². The van der Waals surface area contributed by atoms with Gasteiger partial charge in [0.2, 0.25) is 5.28 Å². The Bertz CT molecular complexity index is 634. The minimum atomic E-state index is -0.719. The van der Waals surface area contributed by atoms with E-state index in [0.717, 1.165) is 0 Å². The van der Waals surface area contributed by atoms with Crippen LogP contribution in [0.3, 0.4) is 0 Å². The molecule has 8 nitrogen and oxygen atoms in total. The Kier molecular flexibility index (Phi) is 3.47. The number of aromatic nitrogens is 4. The molecule has 0 unspecified atom stereocenters. The van der Waals surface area contributed by atoms with Gasteiger partial charge in [-0.1, -0.05) is 0 Å². The molecule has 0 saturated carbocycles. The van der Waals surface area contributed by atoms with Gasteiger partial charge in [-0.15, -0.1) is 0 Å². The molecule has 1 saturated heterocycles. The number of anilines is 1. The van der Waals surface area contributed by atoms with Crippen LogP contribution in [0.1, 0.15) is 12.6 Å². The number of hydrogen-bond donors (Lipinski definition) is 3. The zero-order valence-corrected chi connectivity index (χ0v) is 11.4. The van der Waals surface area contributed by atoms with Gasteiger partial charge in [0, 0.05) is 13.5 Å². The molecule has 2 aromatic heterocycles. The number of imidazole rings is 1. The molecule has 0 aromatic carbocycles. The maximum atomic E-state index is 9.80. The van der Waals surface area contributed by atoms with E-state index >= 15 is 0 Å². The van der Waals surface area contributed by atoms with Gasteiger partial charge < -0.3 is 20.3 Å². The molecule has 3 heterocycles. The number of aliphatic hydroxyl groups is 2. The largest absolute Gasteiger partial charge is 0.394 e. The van der Waals surface area contributed by atoms with E-state index in [1.165, 1.54) is 0 Å². The van der Waals surface area contributed by atoms with Crippen LogP contribution in [0.2, 0.25) is 5.28 Å². The highest BCUT2D eigenvalue weighted by molar-refractivity contribution is 6.28. The zero-order valence-electron chi connectivity index (χ0n) is 10.7. The topological polar surface area (TPSA) is 105 Å². The highest BCUT2D eigenvalue weighted by Crippen LogP contribution is 2.32. The van der Waals surface area contributed by atoms with Gasteiger partial charge in [-0.25, -0.2) is 4.98 Å². The third-order valence-electron chi connectivity index (χ3n) is 3.33. The molecule has 2 aromatic rings. The molecular formula is C11H14ClN5O3. The van der Waals surface area contributed by atoms with Gasteiger partial charge in [0.25, 0.3) is 0 Å². The van der Waals surface area contributed by atoms with Crippen molar-refractivity contribution in [1.29, 1.82) is 0 Å². The van der Waals surface area contributed by atoms with Gasteiger partial charge in [-0.3, -0.25) is 4.57 Å². The Hall–Kier alpha value is -1.48. The fraction of sp³-hybridized carbons (Fsp3) is 0.545. The SMILES string of the molecule is CNc1nc(Cl)nc2c1ncn2[C@H]1C[C@@H](O)[C@H](CO)O1. The van der Waals surface area contributed by atoms with Gasteiger partial charge in [0.15, 0.2) is 17.0 Å². The van der Waals surface area contributed by atoms with E-state index in [4.69, 9.17) is 21.4 Å². The van der Waals surface area contributed by atoms with Gasteiger partial charge in [0.05, 0.1) is 19.0 Å². The van der Waals surface area contributed by atoms with E-state index in [0.29, 0.717) is 23.4 Å². The molecule has 0 bridgehead atoms. The third kappa shape index (κ3) is 2.10. The van der Waals surface area contributed by atoms with Gasteiger partial charge in [-0.2, -0.15) is 9.97 Å². The minimum Gasteiger partial charge on any atom is -0.394 e. The second-order valence-corrected chi connectivity index (χ2v) is 4.87. The van der Waals surface area contributed by atoms with Crippen molar-refractivity contribution in [2.75, 3.05) is 19.0 Å². The predicted octanol–water partition coefficient (Wildman–Crippen LogP) is 0.162. The summed E-state index contributed by atoms with van der Waals surface area (Å²) in [5, 5.41) is 21.9. The second-order valence-electron chi connectivity index (χ2n) is 4.53. The first-order valence-electron chi connectivity index (χ1n) is 6.16. The lowest BCUT2D eigenvalue weighted by atomic mass is 10.2. The van der Waals surface area contributed by atoms with Crippen LogP contribution < -0.4 is 5.32 Å². The quantitative estimate of drug-likeness (QED) is 0.693. The van der Waals surface area contributed by atoms with Crippen molar-refractivity contribution in [3.8, 4) is 0 Å². The van der Waals surface area contributed by atoms with E-state index in [-0.39, 0.29) is 11.9 Å². The Morgan fingerprint density at radius 2 is 2.35 bits per heavy atom. The summed E-state index contributed by atoms with van der Waals surface area (Å²) in [5.74, 6) is 0.524. The van der Waals surface area contributed by atoms with Crippen molar-refractivity contribution in [3.63, 3.8) is 0 Å². The van der Waals surface area contributed by atoms with Crippen molar-refractivity contribution >= 4 is 28.6 Å². The number of ether oxygens (including phenoxy) is 1. The van der Waals surface area contributed by atoms with Gasteiger partial charge in [-0.05, 0) is 11.6 Å². The van der Waals surface area contributed by atoms with Gasteiger partial charge >= 0.3 is 0 Å². The summed E-state index contributed by atoms with van der Waals surface area (Å²) in [5.41, 5.74) is 1.09. The summed E-state index contributed by atoms with van der Waals surface area (Å²) in [4.78, 5) is 12.4. The average molecular weight is 300 g/mol. The first-order chi connectivity index (χ1) is 9.63. The number of hydrogen-bond acceptors (Lipinski definition) is 7. The Balaban J connectivity index is 2.03. The van der Waals surface area contributed by atoms with Crippen LogP contribution >= 0.6 is 11.6 Å². The highest BCUT2D eigenvalue weighted by Gasteiger charge is 2.35. The van der Waals surface area contributed by atoms with Crippen molar-refractivity contribution in [2.24, 2.45) is 0 Å². The number of nitrogens with zero attached hydrogens (tertiary/aromatic N) is 4. The van der Waals surface area contributed by atoms with Crippen molar-refractivity contribution < 1.29 is 14.9 Å². The lowest BCUT2D eigenvalue weighted by molar-refractivity contribution is -0.0432. The van der Waals surface area contributed by atoms with Crippen molar-refractivity contribution in [3.05, 3.63) is 11.6 Å². The first kappa shape index (κ1) is 13.5. The second kappa shape index (κ2) is 5.13. The number of fused-ring (bicyclic) bond motifs is 1. The predicted molar refractivity (Wildman–Crippen MR) is 71.5 cm³/mol. The molecule has 3 rings (SSSR count). The first-order valence-corrected chi connectivity index (χ1v) is 6.54. The maximum Gasteiger partial charge on any atom is 0.226 e. The molecule has 3 atom stereocenters. The summed E-state index contributed by atoms with van der Waals surface area (Å²) >= 11 is 5.89. The van der Waals surface area contributed by atoms with Crippen molar-refractivity contribution in [2.45, 2.75) is 24.9 Å². The van der Waals surface area contributed by atoms with E-state index < -0.39 is 18.4 Å². The lowest BCUT2D eigenvalue weighted by Gasteiger charge is -2.13. The molecule has 0 amide bonds. The molecule has 1 aliphatic heterocycles. The highest BCUT2D eigenvalue weighted by atomic mass is 35.5. The molecule has 20 heavy (non-hydrogen) atoms. The number of nitrogens with one attached hydrogen (secondary N) is 1. The normalized spacial score (nSPS) is 26.3. The van der Waals surface area contributed by atoms with E-state index in [1.807, 2.05) is 0 Å². The smallest absolute Gasteiger partial charge is 0.226 e. The summed E-state index contributed by atoms with van der Waals surface area (Å²) in [6, 6.07) is 0. The molecule has 0 aliphatic carbocycles. The molecule has 9 heteroatoms. The minimum absolute atomic E-state index is 0.0980. The van der Waals surface area contributed by atoms with Crippen LogP contribution in [0.5, 0.6) is 0 Å². The maximum absolute atomic E-state index is 9.80. The van der Waals surface area contributed by atoms with Crippen LogP contribution in [0.25, 0.3) is 11.2 Å². The Labute approximate surface area is 119 Å². The van der Waals surface area contributed by atoms with E-state index in [1.54, 1.807) is 17.9 Å². The Morgan fingerprint density at radius 3 is 3.00 bits per heavy atom. The molecule has 1 fully saturated rings. The number of aliphatic hydroxyl groups excluding tert-OH is 2. The Morgan fingerprint density at radius 1 is 1.55 bits per heavy atom. The molecule has 108 valence electrons. The summed E-state index contributed by atoms with van der Waals surface area (Å²) in [6.07, 6.45) is 0.158. The summed E-state index contributed by atoms with van der Waals surface area (Å²) in [7, 11) is 1.72.